The molecule has 0 aromatic carbocycles. The first-order valence-corrected chi connectivity index (χ1v) is 6.79. The highest BCUT2D eigenvalue weighted by Crippen LogP contribution is 2.26. The van der Waals surface area contributed by atoms with Crippen molar-refractivity contribution < 1.29 is 0 Å². The number of amidine groups is 1. The highest BCUT2D eigenvalue weighted by Gasteiger charge is 2.18. The lowest BCUT2D eigenvalue weighted by Gasteiger charge is -2.30. The number of pyridine rings is 1. The Morgan fingerprint density at radius 3 is 2.42 bits per heavy atom. The van der Waals surface area contributed by atoms with Gasteiger partial charge < -0.3 is 10.6 Å². The SMILES string of the molecule is Cc1cc(N(C)C(C)CC(C)C)c(C(=N)N)c(C)n1. The molecule has 1 unspecified atom stereocenters. The van der Waals surface area contributed by atoms with Gasteiger partial charge in [-0.2, -0.15) is 0 Å². The van der Waals surface area contributed by atoms with E-state index in [9.17, 15) is 0 Å². The fourth-order valence-electron chi connectivity index (χ4n) is 2.50. The summed E-state index contributed by atoms with van der Waals surface area (Å²) in [5.41, 5.74) is 9.26. The number of rotatable bonds is 5. The number of nitrogens with one attached hydrogen (secondary N) is 1. The molecule has 1 aromatic heterocycles. The number of nitrogen functional groups attached to an aromatic ring is 1. The zero-order chi connectivity index (χ0) is 14.7. The van der Waals surface area contributed by atoms with Crippen LogP contribution in [0.15, 0.2) is 6.07 Å². The zero-order valence-corrected chi connectivity index (χ0v) is 12.9. The van der Waals surface area contributed by atoms with Gasteiger partial charge in [0, 0.05) is 18.8 Å². The molecule has 0 fully saturated rings. The molecule has 0 spiro atoms. The molecule has 1 heterocycles. The van der Waals surface area contributed by atoms with Gasteiger partial charge in [-0.3, -0.25) is 10.4 Å². The largest absolute Gasteiger partial charge is 0.384 e. The summed E-state index contributed by atoms with van der Waals surface area (Å²) in [6, 6.07) is 2.42. The van der Waals surface area contributed by atoms with Crippen molar-refractivity contribution in [2.24, 2.45) is 11.7 Å². The topological polar surface area (TPSA) is 66.0 Å². The van der Waals surface area contributed by atoms with Crippen molar-refractivity contribution in [3.8, 4) is 0 Å². The van der Waals surface area contributed by atoms with Gasteiger partial charge in [0.1, 0.15) is 5.84 Å². The summed E-state index contributed by atoms with van der Waals surface area (Å²) in [6.07, 6.45) is 1.11. The monoisotopic (exact) mass is 262 g/mol. The van der Waals surface area contributed by atoms with E-state index in [0.717, 1.165) is 29.1 Å². The third kappa shape index (κ3) is 3.69. The summed E-state index contributed by atoms with van der Waals surface area (Å²) in [5.74, 6) is 0.728. The van der Waals surface area contributed by atoms with E-state index in [-0.39, 0.29) is 5.84 Å². The molecule has 1 rings (SSSR count). The van der Waals surface area contributed by atoms with Crippen LogP contribution in [0.5, 0.6) is 0 Å². The summed E-state index contributed by atoms with van der Waals surface area (Å²) >= 11 is 0. The van der Waals surface area contributed by atoms with Gasteiger partial charge in [0.25, 0.3) is 0 Å². The fraction of sp³-hybridized carbons (Fsp3) is 0.600. The second-order valence-electron chi connectivity index (χ2n) is 5.75. The van der Waals surface area contributed by atoms with Crippen molar-refractivity contribution in [2.75, 3.05) is 11.9 Å². The van der Waals surface area contributed by atoms with Gasteiger partial charge in [-0.15, -0.1) is 0 Å². The molecule has 0 radical (unpaired) electrons. The van der Waals surface area contributed by atoms with Crippen LogP contribution in [-0.2, 0) is 0 Å². The minimum Gasteiger partial charge on any atom is -0.384 e. The molecule has 0 saturated heterocycles. The Bertz CT molecular complexity index is 465. The van der Waals surface area contributed by atoms with E-state index in [0.29, 0.717) is 12.0 Å². The van der Waals surface area contributed by atoms with Crippen molar-refractivity contribution in [2.45, 2.75) is 47.1 Å². The van der Waals surface area contributed by atoms with Crippen LogP contribution in [0.3, 0.4) is 0 Å². The van der Waals surface area contributed by atoms with E-state index < -0.39 is 0 Å². The van der Waals surface area contributed by atoms with Crippen LogP contribution in [0.25, 0.3) is 0 Å². The van der Waals surface area contributed by atoms with Crippen LogP contribution in [0.1, 0.15) is 44.1 Å². The number of nitrogens with zero attached hydrogens (tertiary/aromatic N) is 2. The Balaban J connectivity index is 3.21. The number of aryl methyl sites for hydroxylation is 2. The van der Waals surface area contributed by atoms with Crippen molar-refractivity contribution in [3.05, 3.63) is 23.0 Å². The lowest BCUT2D eigenvalue weighted by Crippen LogP contribution is -2.32. The molecule has 1 atom stereocenters. The highest BCUT2D eigenvalue weighted by atomic mass is 15.1. The van der Waals surface area contributed by atoms with Crippen molar-refractivity contribution in [1.29, 1.82) is 5.41 Å². The second-order valence-corrected chi connectivity index (χ2v) is 5.75. The van der Waals surface area contributed by atoms with Gasteiger partial charge in [0.15, 0.2) is 0 Å². The maximum Gasteiger partial charge on any atom is 0.126 e. The van der Waals surface area contributed by atoms with E-state index in [4.69, 9.17) is 11.1 Å². The van der Waals surface area contributed by atoms with Gasteiger partial charge in [-0.05, 0) is 39.2 Å². The summed E-state index contributed by atoms with van der Waals surface area (Å²) in [6.45, 7) is 10.5. The average Bonchev–Trinajstić information content (AvgIpc) is 2.25. The van der Waals surface area contributed by atoms with Crippen LogP contribution >= 0.6 is 0 Å². The predicted molar refractivity (Wildman–Crippen MR) is 82.0 cm³/mol. The molecule has 0 amide bonds. The zero-order valence-electron chi connectivity index (χ0n) is 12.9. The average molecular weight is 262 g/mol. The second kappa shape index (κ2) is 6.04. The van der Waals surface area contributed by atoms with E-state index in [1.807, 2.05) is 19.9 Å². The first kappa shape index (κ1) is 15.5. The summed E-state index contributed by atoms with van der Waals surface area (Å²) in [4.78, 5) is 6.62. The molecule has 4 nitrogen and oxygen atoms in total. The minimum atomic E-state index is 0.0867. The number of nitrogens with two attached hydrogens (primary N) is 1. The molecule has 4 heteroatoms. The third-order valence-electron chi connectivity index (χ3n) is 3.43. The van der Waals surface area contributed by atoms with E-state index >= 15 is 0 Å². The van der Waals surface area contributed by atoms with E-state index in [1.165, 1.54) is 0 Å². The fourth-order valence-corrected chi connectivity index (χ4v) is 2.50. The third-order valence-corrected chi connectivity index (χ3v) is 3.43. The Kier molecular flexibility index (Phi) is 4.92. The molecule has 1 aromatic rings. The van der Waals surface area contributed by atoms with Crippen molar-refractivity contribution in [3.63, 3.8) is 0 Å². The normalized spacial score (nSPS) is 12.6. The molecule has 3 N–H and O–H groups in total. The molecule has 19 heavy (non-hydrogen) atoms. The molecule has 0 aliphatic rings. The number of aromatic nitrogens is 1. The molecule has 0 bridgehead atoms. The van der Waals surface area contributed by atoms with E-state index in [2.05, 4.69) is 37.7 Å². The Labute approximate surface area is 116 Å². The minimum absolute atomic E-state index is 0.0867. The van der Waals surface area contributed by atoms with Crippen molar-refractivity contribution >= 4 is 11.5 Å². The van der Waals surface area contributed by atoms with Crippen LogP contribution in [0.4, 0.5) is 5.69 Å². The molecule has 0 aliphatic carbocycles. The van der Waals surface area contributed by atoms with E-state index in [1.54, 1.807) is 0 Å². The van der Waals surface area contributed by atoms with Gasteiger partial charge in [0.2, 0.25) is 0 Å². The number of hydrogen-bond donors (Lipinski definition) is 2. The highest BCUT2D eigenvalue weighted by molar-refractivity contribution is 6.01. The molecular formula is C15H26N4. The predicted octanol–water partition coefficient (Wildman–Crippen LogP) is 2.85. The smallest absolute Gasteiger partial charge is 0.126 e. The number of hydrogen-bond acceptors (Lipinski definition) is 3. The summed E-state index contributed by atoms with van der Waals surface area (Å²) in [5, 5.41) is 7.77. The summed E-state index contributed by atoms with van der Waals surface area (Å²) < 4.78 is 0. The molecule has 0 aliphatic heterocycles. The first-order chi connectivity index (χ1) is 8.73. The lowest BCUT2D eigenvalue weighted by atomic mass is 10.0. The summed E-state index contributed by atoms with van der Waals surface area (Å²) in [7, 11) is 2.06. The Morgan fingerprint density at radius 2 is 1.95 bits per heavy atom. The van der Waals surface area contributed by atoms with Crippen LogP contribution < -0.4 is 10.6 Å². The standard InChI is InChI=1S/C15H26N4/c1-9(2)7-11(4)19(6)13-8-10(3)18-12(5)14(13)15(16)17/h8-9,11H,7H2,1-6H3,(H3,16,17). The number of anilines is 1. The van der Waals surface area contributed by atoms with Gasteiger partial charge >= 0.3 is 0 Å². The van der Waals surface area contributed by atoms with Gasteiger partial charge in [-0.25, -0.2) is 0 Å². The first-order valence-electron chi connectivity index (χ1n) is 6.79. The molecule has 106 valence electrons. The molecular weight excluding hydrogens is 236 g/mol. The maximum atomic E-state index is 7.77. The van der Waals surface area contributed by atoms with Crippen molar-refractivity contribution in [1.82, 2.24) is 4.98 Å². The Hall–Kier alpha value is -1.58. The van der Waals surface area contributed by atoms with Gasteiger partial charge in [-0.1, -0.05) is 13.8 Å². The van der Waals surface area contributed by atoms with Crippen LogP contribution in [-0.4, -0.2) is 23.9 Å². The Morgan fingerprint density at radius 1 is 1.37 bits per heavy atom. The lowest BCUT2D eigenvalue weighted by molar-refractivity contribution is 0.504. The van der Waals surface area contributed by atoms with Crippen LogP contribution in [0.2, 0.25) is 0 Å². The van der Waals surface area contributed by atoms with Crippen LogP contribution in [0, 0.1) is 25.2 Å². The van der Waals surface area contributed by atoms with Gasteiger partial charge in [0.05, 0.1) is 16.9 Å². The maximum absolute atomic E-state index is 7.77. The quantitative estimate of drug-likeness (QED) is 0.633. The molecule has 0 saturated carbocycles.